The van der Waals surface area contributed by atoms with Crippen LogP contribution in [0.4, 0.5) is 11.5 Å². The van der Waals surface area contributed by atoms with Crippen LogP contribution in [0.5, 0.6) is 0 Å². The van der Waals surface area contributed by atoms with Gasteiger partial charge in [-0.15, -0.1) is 0 Å². The first-order valence-corrected chi connectivity index (χ1v) is 15.3. The van der Waals surface area contributed by atoms with Crippen molar-refractivity contribution in [3.63, 3.8) is 0 Å². The molecule has 23 heteroatoms. The average molecular weight is 632 g/mol. The Kier molecular flexibility index (Phi) is 10.1. The molecule has 222 valence electrons. The van der Waals surface area contributed by atoms with Gasteiger partial charge in [-0.25, -0.2) is 18.5 Å². The third-order valence-electron chi connectivity index (χ3n) is 5.10. The number of benzene rings is 1. The number of hydrogen-bond acceptors (Lipinski definition) is 14. The summed E-state index contributed by atoms with van der Waals surface area (Å²) in [5.41, 5.74) is 5.21. The summed E-state index contributed by atoms with van der Waals surface area (Å²) in [6.45, 7) is -1.34. The normalized spacial score (nSPS) is 22.5. The summed E-state index contributed by atoms with van der Waals surface area (Å²) < 4.78 is 57.6. The van der Waals surface area contributed by atoms with E-state index in [0.29, 0.717) is 0 Å². The molecule has 2 heterocycles. The van der Waals surface area contributed by atoms with Crippen molar-refractivity contribution >= 4 is 35.0 Å². The Morgan fingerprint density at radius 1 is 1.10 bits per heavy atom. The second kappa shape index (κ2) is 12.6. The zero-order chi connectivity index (χ0) is 29.9. The molecule has 0 radical (unpaired) electrons. The van der Waals surface area contributed by atoms with E-state index in [1.165, 1.54) is 24.4 Å². The van der Waals surface area contributed by atoms with Crippen LogP contribution in [0, 0.1) is 10.1 Å². The van der Waals surface area contributed by atoms with Crippen molar-refractivity contribution in [1.29, 1.82) is 0 Å². The SMILES string of the molecule is Nc1nc(=O)n([C@H]2CC(O)[C@@H](COP(=O)(O)OP(=O)(O)OP(=O)(O)O)O2)cc1COCc1ccccc1[N+](=O)[O-]. The average Bonchev–Trinajstić information content (AvgIpc) is 3.17. The molecule has 20 nitrogen and oxygen atoms in total. The van der Waals surface area contributed by atoms with Gasteiger partial charge in [-0.2, -0.15) is 13.6 Å². The number of nitrogen functional groups attached to an aromatic ring is 1. The smallest absolute Gasteiger partial charge is 0.390 e. The van der Waals surface area contributed by atoms with E-state index >= 15 is 0 Å². The number of aliphatic hydroxyl groups is 1. The van der Waals surface area contributed by atoms with Crippen LogP contribution in [0.15, 0.2) is 35.3 Å². The quantitative estimate of drug-likeness (QED) is 0.0991. The molecular weight excluding hydrogens is 609 g/mol. The van der Waals surface area contributed by atoms with Gasteiger partial charge in [0, 0.05) is 24.2 Å². The minimum Gasteiger partial charge on any atom is -0.390 e. The predicted molar refractivity (Wildman–Crippen MR) is 129 cm³/mol. The lowest BCUT2D eigenvalue weighted by atomic mass is 10.2. The molecule has 0 spiro atoms. The maximum absolute atomic E-state index is 12.4. The lowest BCUT2D eigenvalue weighted by molar-refractivity contribution is -0.386. The summed E-state index contributed by atoms with van der Waals surface area (Å²) in [6.07, 6.45) is -3.03. The Hall–Kier alpha value is -2.41. The van der Waals surface area contributed by atoms with Crippen molar-refractivity contribution in [3.8, 4) is 0 Å². The van der Waals surface area contributed by atoms with E-state index in [1.807, 2.05) is 0 Å². The molecule has 3 rings (SSSR count). The number of phosphoric acid groups is 3. The summed E-state index contributed by atoms with van der Waals surface area (Å²) in [5, 5.41) is 21.4. The summed E-state index contributed by atoms with van der Waals surface area (Å²) >= 11 is 0. The van der Waals surface area contributed by atoms with Crippen LogP contribution < -0.4 is 11.4 Å². The van der Waals surface area contributed by atoms with Crippen molar-refractivity contribution in [2.45, 2.75) is 38.1 Å². The molecule has 3 unspecified atom stereocenters. The third-order valence-corrected chi connectivity index (χ3v) is 8.90. The Bertz CT molecular complexity index is 1450. The van der Waals surface area contributed by atoms with Crippen molar-refractivity contribution in [2.75, 3.05) is 12.3 Å². The Morgan fingerprint density at radius 2 is 1.75 bits per heavy atom. The molecule has 1 aromatic heterocycles. The minimum atomic E-state index is -5.74. The zero-order valence-electron chi connectivity index (χ0n) is 19.9. The molecule has 1 aliphatic rings. The molecule has 2 aromatic rings. The monoisotopic (exact) mass is 632 g/mol. The highest BCUT2D eigenvalue weighted by atomic mass is 31.3. The van der Waals surface area contributed by atoms with Gasteiger partial charge >= 0.3 is 29.2 Å². The maximum Gasteiger partial charge on any atom is 0.490 e. The second-order valence-electron chi connectivity index (χ2n) is 8.04. The molecule has 0 amide bonds. The number of hydrogen-bond donors (Lipinski definition) is 6. The highest BCUT2D eigenvalue weighted by molar-refractivity contribution is 7.66. The molecular formula is C17H23N4O16P3. The fraction of sp³-hybridized carbons (Fsp3) is 0.412. The first-order chi connectivity index (χ1) is 18.5. The topological polar surface area (TPSA) is 303 Å². The van der Waals surface area contributed by atoms with Crippen LogP contribution in [0.3, 0.4) is 0 Å². The van der Waals surface area contributed by atoms with E-state index in [9.17, 15) is 43.5 Å². The molecule has 1 fully saturated rings. The Morgan fingerprint density at radius 3 is 2.40 bits per heavy atom. The van der Waals surface area contributed by atoms with Gasteiger partial charge < -0.3 is 39.9 Å². The molecule has 7 N–H and O–H groups in total. The summed E-state index contributed by atoms with van der Waals surface area (Å²) in [4.78, 5) is 62.5. The summed E-state index contributed by atoms with van der Waals surface area (Å²) in [6, 6.07) is 5.88. The molecule has 0 bridgehead atoms. The molecule has 40 heavy (non-hydrogen) atoms. The fourth-order valence-electron chi connectivity index (χ4n) is 3.43. The van der Waals surface area contributed by atoms with Gasteiger partial charge in [0.2, 0.25) is 0 Å². The van der Waals surface area contributed by atoms with Gasteiger partial charge in [-0.1, -0.05) is 12.1 Å². The number of aliphatic hydroxyl groups excluding tert-OH is 1. The van der Waals surface area contributed by atoms with Gasteiger partial charge in [0.15, 0.2) is 0 Å². The zero-order valence-corrected chi connectivity index (χ0v) is 22.6. The maximum atomic E-state index is 12.4. The Labute approximate surface area is 223 Å². The molecule has 0 saturated carbocycles. The number of anilines is 1. The number of nitro groups is 1. The highest BCUT2D eigenvalue weighted by Gasteiger charge is 2.43. The van der Waals surface area contributed by atoms with E-state index < -0.39 is 59.1 Å². The van der Waals surface area contributed by atoms with E-state index in [-0.39, 0.29) is 42.3 Å². The summed E-state index contributed by atoms with van der Waals surface area (Å²) in [7, 11) is -16.8. The number of nitrogens with two attached hydrogens (primary N) is 1. The van der Waals surface area contributed by atoms with Crippen LogP contribution >= 0.6 is 23.5 Å². The highest BCUT2D eigenvalue weighted by Crippen LogP contribution is 2.66. The van der Waals surface area contributed by atoms with Crippen LogP contribution in [0.25, 0.3) is 0 Å². The van der Waals surface area contributed by atoms with Gasteiger partial charge in [0.1, 0.15) is 18.1 Å². The molecule has 1 aliphatic heterocycles. The standard InChI is InChI=1S/C17H23N4O16P3/c18-16-11(8-33-7-10-3-1-2-4-12(10)21(24)25)6-20(17(23)19-16)15-5-13(22)14(35-15)9-34-39(29,30)37-40(31,32)36-38(26,27)28/h1-4,6,13-15,22H,5,7-9H2,(H,29,30)(H,31,32)(H2,18,19,23)(H2,26,27,28)/t13?,14-,15-/m1/s1. The van der Waals surface area contributed by atoms with Crippen molar-refractivity contribution in [3.05, 3.63) is 62.2 Å². The number of rotatable bonds is 13. The molecule has 1 saturated heterocycles. The first-order valence-electron chi connectivity index (χ1n) is 10.8. The number of ether oxygens (including phenoxy) is 2. The van der Waals surface area contributed by atoms with Gasteiger partial charge in [0.25, 0.3) is 5.69 Å². The Balaban J connectivity index is 1.64. The largest absolute Gasteiger partial charge is 0.490 e. The lowest BCUT2D eigenvalue weighted by Crippen LogP contribution is -2.29. The number of para-hydroxylation sites is 1. The van der Waals surface area contributed by atoms with E-state index in [2.05, 4.69) is 18.1 Å². The number of nitrogens with zero attached hydrogens (tertiary/aromatic N) is 3. The van der Waals surface area contributed by atoms with E-state index in [1.54, 1.807) is 6.07 Å². The van der Waals surface area contributed by atoms with Crippen LogP contribution in [0.2, 0.25) is 0 Å². The van der Waals surface area contributed by atoms with E-state index in [4.69, 9.17) is 25.0 Å². The second-order valence-corrected chi connectivity index (χ2v) is 12.5. The van der Waals surface area contributed by atoms with E-state index in [0.717, 1.165) is 4.57 Å². The third kappa shape index (κ3) is 9.05. The summed E-state index contributed by atoms with van der Waals surface area (Å²) in [5.74, 6) is -0.202. The first kappa shape index (κ1) is 32.1. The van der Waals surface area contributed by atoms with Crippen LogP contribution in [0.1, 0.15) is 23.8 Å². The fourth-order valence-corrected chi connectivity index (χ4v) is 6.46. The molecule has 1 aromatic carbocycles. The van der Waals surface area contributed by atoms with Crippen LogP contribution in [-0.2, 0) is 49.5 Å². The van der Waals surface area contributed by atoms with Gasteiger partial charge in [-0.05, 0) is 6.07 Å². The number of nitro benzene ring substituents is 1. The minimum absolute atomic E-state index is 0.158. The van der Waals surface area contributed by atoms with Crippen LogP contribution in [-0.4, -0.2) is 58.0 Å². The molecule has 0 aliphatic carbocycles. The molecule has 5 atom stereocenters. The van der Waals surface area contributed by atoms with Crippen molar-refractivity contribution < 1.29 is 65.9 Å². The van der Waals surface area contributed by atoms with Gasteiger partial charge in [0.05, 0.1) is 36.4 Å². The van der Waals surface area contributed by atoms with Gasteiger partial charge in [-0.3, -0.25) is 19.2 Å². The lowest BCUT2D eigenvalue weighted by Gasteiger charge is -2.19. The van der Waals surface area contributed by atoms with Crippen molar-refractivity contribution in [1.82, 2.24) is 9.55 Å². The predicted octanol–water partition coefficient (Wildman–Crippen LogP) is 0.442. The number of phosphoric ester groups is 1. The van der Waals surface area contributed by atoms with Crippen molar-refractivity contribution in [2.24, 2.45) is 0 Å². The number of aromatic nitrogens is 2.